The summed E-state index contributed by atoms with van der Waals surface area (Å²) in [6.07, 6.45) is 50.2. The molecule has 0 aromatic rings. The van der Waals surface area contributed by atoms with Crippen molar-refractivity contribution in [2.45, 2.75) is 58.8 Å². The van der Waals surface area contributed by atoms with Crippen LogP contribution in [-0.2, 0) is 0 Å². The second-order valence-electron chi connectivity index (χ2n) is 11.7. The molecule has 0 fully saturated rings. The first-order chi connectivity index (χ1) is 19.7. The summed E-state index contributed by atoms with van der Waals surface area (Å²) < 4.78 is 0. The summed E-state index contributed by atoms with van der Waals surface area (Å²) in [5.41, 5.74) is 14.8. The van der Waals surface area contributed by atoms with Crippen molar-refractivity contribution in [3.05, 3.63) is 143 Å². The first-order valence-electron chi connectivity index (χ1n) is 15.7. The maximum absolute atomic E-state index is 5.56. The molecule has 5 unspecified atom stereocenters. The third-order valence-electron chi connectivity index (χ3n) is 9.31. The Labute approximate surface area is 243 Å². The van der Waals surface area contributed by atoms with Crippen LogP contribution in [0.1, 0.15) is 58.8 Å². The van der Waals surface area contributed by atoms with Gasteiger partial charge in [0, 0.05) is 30.2 Å². The highest BCUT2D eigenvalue weighted by Gasteiger charge is 2.37. The van der Waals surface area contributed by atoms with Crippen LogP contribution in [0.3, 0.4) is 0 Å². The average molecular weight is 530 g/mol. The van der Waals surface area contributed by atoms with Crippen LogP contribution < -0.4 is 5.73 Å². The summed E-state index contributed by atoms with van der Waals surface area (Å²) in [7, 11) is 0. The van der Waals surface area contributed by atoms with Crippen LogP contribution in [0.2, 0.25) is 0 Å². The molecular weight excluding hydrogens is 482 g/mol. The molecule has 5 aliphatic rings. The lowest BCUT2D eigenvalue weighted by Gasteiger charge is -2.41. The van der Waals surface area contributed by atoms with Gasteiger partial charge < -0.3 is 5.73 Å². The third kappa shape index (κ3) is 6.26. The lowest BCUT2D eigenvalue weighted by Crippen LogP contribution is -2.29. The molecule has 1 nitrogen and oxygen atoms in total. The highest BCUT2D eigenvalue weighted by Crippen LogP contribution is 2.49. The van der Waals surface area contributed by atoms with Crippen molar-refractivity contribution >= 4 is 0 Å². The lowest BCUT2D eigenvalue weighted by atomic mass is 9.63. The molecule has 0 saturated heterocycles. The molecular formula is C39H47N. The molecule has 1 heteroatoms. The molecule has 208 valence electrons. The van der Waals surface area contributed by atoms with E-state index < -0.39 is 0 Å². The molecule has 0 amide bonds. The molecule has 40 heavy (non-hydrogen) atoms. The van der Waals surface area contributed by atoms with Crippen molar-refractivity contribution in [3.8, 4) is 0 Å². The fourth-order valence-corrected chi connectivity index (χ4v) is 7.24. The van der Waals surface area contributed by atoms with E-state index in [4.69, 9.17) is 5.73 Å². The smallest absolute Gasteiger partial charge is 0.0124 e. The summed E-state index contributed by atoms with van der Waals surface area (Å²) in [4.78, 5) is 0. The van der Waals surface area contributed by atoms with E-state index in [9.17, 15) is 0 Å². The van der Waals surface area contributed by atoms with Crippen molar-refractivity contribution in [2.75, 3.05) is 6.54 Å². The molecule has 0 spiro atoms. The number of unbranched alkanes of at least 4 members (excludes halogenated alkanes) is 2. The van der Waals surface area contributed by atoms with E-state index in [0.717, 1.165) is 12.8 Å². The summed E-state index contributed by atoms with van der Waals surface area (Å²) in [5, 5.41) is 0. The molecule has 0 saturated carbocycles. The van der Waals surface area contributed by atoms with Crippen LogP contribution in [0.4, 0.5) is 0 Å². The molecule has 5 rings (SSSR count). The van der Waals surface area contributed by atoms with Gasteiger partial charge in [0.05, 0.1) is 0 Å². The summed E-state index contributed by atoms with van der Waals surface area (Å²) in [5.74, 6) is 2.46. The Morgan fingerprint density at radius 3 is 2.45 bits per heavy atom. The Hall–Kier alpha value is -3.16. The van der Waals surface area contributed by atoms with Crippen molar-refractivity contribution in [1.29, 1.82) is 0 Å². The normalized spacial score (nSPS) is 29.6. The molecule has 5 atom stereocenters. The minimum Gasteiger partial charge on any atom is -0.327 e. The maximum atomic E-state index is 5.56. The number of fused-ring (bicyclic) bond motifs is 2. The molecule has 5 aliphatic carbocycles. The molecule has 0 aromatic heterocycles. The van der Waals surface area contributed by atoms with Gasteiger partial charge >= 0.3 is 0 Å². The molecule has 2 N–H and O–H groups in total. The van der Waals surface area contributed by atoms with Gasteiger partial charge in [0.1, 0.15) is 0 Å². The predicted molar refractivity (Wildman–Crippen MR) is 174 cm³/mol. The number of nitrogens with two attached hydrogens (primary N) is 1. The van der Waals surface area contributed by atoms with Gasteiger partial charge in [0.15, 0.2) is 0 Å². The van der Waals surface area contributed by atoms with Crippen molar-refractivity contribution < 1.29 is 0 Å². The van der Waals surface area contributed by atoms with Crippen molar-refractivity contribution in [2.24, 2.45) is 35.3 Å². The van der Waals surface area contributed by atoms with Crippen LogP contribution in [0.15, 0.2) is 143 Å². The third-order valence-corrected chi connectivity index (χ3v) is 9.31. The largest absolute Gasteiger partial charge is 0.327 e. The SMILES string of the molecule is CCCC/C=C(\CC)C1C=CC(C2CCC(C3C=CC(/C=C/C=C\CN)=CC3)=C3C=CC=CC32)=C2C=CC=CC21. The standard InChI is InChI=1S/C39H47N/c1-3-5-7-15-30(4-2)32-24-26-38(36-18-11-9-16-34(32)36)39-27-25-33(35-17-10-12-19-37(35)39)31-22-20-29(21-23-31)14-8-6-13-28-40/h6,8-22,24,26,31-32,34,37,39H,3-5,7,23,25,27-28,40H2,1-2H3/b13-6-,14-8+,30-15+. The molecule has 0 radical (unpaired) electrons. The van der Waals surface area contributed by atoms with Crippen LogP contribution in [0.25, 0.3) is 0 Å². The number of hydrogen-bond donors (Lipinski definition) is 1. The van der Waals surface area contributed by atoms with Crippen LogP contribution >= 0.6 is 0 Å². The topological polar surface area (TPSA) is 26.0 Å². The zero-order valence-corrected chi connectivity index (χ0v) is 24.5. The molecule has 0 heterocycles. The zero-order chi connectivity index (χ0) is 27.7. The number of rotatable bonds is 10. The molecule has 0 aliphatic heterocycles. The van der Waals surface area contributed by atoms with Gasteiger partial charge in [-0.25, -0.2) is 0 Å². The van der Waals surface area contributed by atoms with E-state index in [1.165, 1.54) is 37.7 Å². The summed E-state index contributed by atoms with van der Waals surface area (Å²) in [6.45, 7) is 5.20. The first-order valence-corrected chi connectivity index (χ1v) is 15.7. The highest BCUT2D eigenvalue weighted by molar-refractivity contribution is 5.52. The van der Waals surface area contributed by atoms with E-state index in [1.54, 1.807) is 27.9 Å². The Bertz CT molecular complexity index is 1290. The fourth-order valence-electron chi connectivity index (χ4n) is 7.24. The van der Waals surface area contributed by atoms with Gasteiger partial charge in [-0.3, -0.25) is 0 Å². The molecule has 0 aromatic carbocycles. The van der Waals surface area contributed by atoms with E-state index in [-0.39, 0.29) is 0 Å². The minimum absolute atomic E-state index is 0.461. The number of allylic oxidation sites excluding steroid dienone is 23. The van der Waals surface area contributed by atoms with E-state index in [0.29, 0.717) is 36.1 Å². The quantitative estimate of drug-likeness (QED) is 0.170. The Morgan fingerprint density at radius 2 is 1.70 bits per heavy atom. The second kappa shape index (κ2) is 14.0. The van der Waals surface area contributed by atoms with Gasteiger partial charge in [-0.05, 0) is 60.3 Å². The Balaban J connectivity index is 1.39. The van der Waals surface area contributed by atoms with Crippen molar-refractivity contribution in [1.82, 2.24) is 0 Å². The van der Waals surface area contributed by atoms with Crippen LogP contribution in [0, 0.1) is 29.6 Å². The van der Waals surface area contributed by atoms with Gasteiger partial charge in [-0.2, -0.15) is 0 Å². The average Bonchev–Trinajstić information content (AvgIpc) is 3.01. The lowest BCUT2D eigenvalue weighted by molar-refractivity contribution is 0.423. The van der Waals surface area contributed by atoms with Crippen LogP contribution in [0.5, 0.6) is 0 Å². The van der Waals surface area contributed by atoms with Gasteiger partial charge in [-0.1, -0.05) is 147 Å². The monoisotopic (exact) mass is 529 g/mol. The zero-order valence-electron chi connectivity index (χ0n) is 24.5. The van der Waals surface area contributed by atoms with E-state index >= 15 is 0 Å². The second-order valence-corrected chi connectivity index (χ2v) is 11.7. The van der Waals surface area contributed by atoms with E-state index in [1.807, 2.05) is 12.2 Å². The minimum atomic E-state index is 0.461. The predicted octanol–water partition coefficient (Wildman–Crippen LogP) is 9.76. The summed E-state index contributed by atoms with van der Waals surface area (Å²) >= 11 is 0. The highest BCUT2D eigenvalue weighted by atomic mass is 14.5. The van der Waals surface area contributed by atoms with Crippen LogP contribution in [-0.4, -0.2) is 6.54 Å². The Kier molecular flexibility index (Phi) is 9.90. The van der Waals surface area contributed by atoms with Gasteiger partial charge in [0.2, 0.25) is 0 Å². The molecule has 0 bridgehead atoms. The van der Waals surface area contributed by atoms with E-state index in [2.05, 4.69) is 111 Å². The number of hydrogen-bond acceptors (Lipinski definition) is 1. The summed E-state index contributed by atoms with van der Waals surface area (Å²) in [6, 6.07) is 0. The first kappa shape index (κ1) is 28.4. The van der Waals surface area contributed by atoms with Crippen molar-refractivity contribution in [3.63, 3.8) is 0 Å². The maximum Gasteiger partial charge on any atom is 0.0124 e. The fraction of sp³-hybridized carbons (Fsp3) is 0.385. The Morgan fingerprint density at radius 1 is 0.875 bits per heavy atom. The van der Waals surface area contributed by atoms with Gasteiger partial charge in [0.25, 0.3) is 0 Å². The van der Waals surface area contributed by atoms with Gasteiger partial charge in [-0.15, -0.1) is 0 Å².